The first-order valence-electron chi connectivity index (χ1n) is 9.55. The Morgan fingerprint density at radius 2 is 1.85 bits per heavy atom. The lowest BCUT2D eigenvalue weighted by Gasteiger charge is -2.48. The largest absolute Gasteiger partial charge is 0.361 e. The summed E-state index contributed by atoms with van der Waals surface area (Å²) in [6, 6.07) is 14.4. The number of rotatable bonds is 3. The molecule has 0 bridgehead atoms. The van der Waals surface area contributed by atoms with Crippen LogP contribution < -0.4 is 4.90 Å². The number of nitrogens with zero attached hydrogens (tertiary/aromatic N) is 4. The fraction of sp³-hybridized carbons (Fsp3) is 0.333. The number of amides is 1. The van der Waals surface area contributed by atoms with Crippen LogP contribution in [-0.2, 0) is 0 Å². The average Bonchev–Trinajstić information content (AvgIpc) is 3.17. The van der Waals surface area contributed by atoms with Crippen molar-refractivity contribution in [2.45, 2.75) is 6.04 Å². The van der Waals surface area contributed by atoms with E-state index in [0.717, 1.165) is 61.6 Å². The van der Waals surface area contributed by atoms with Crippen LogP contribution in [0.1, 0.15) is 10.4 Å². The molecule has 2 saturated heterocycles. The topological polar surface area (TPSA) is 55.5 Å². The zero-order chi connectivity index (χ0) is 18.2. The van der Waals surface area contributed by atoms with Crippen LogP contribution in [0.2, 0.25) is 0 Å². The molecule has 6 heteroatoms. The summed E-state index contributed by atoms with van der Waals surface area (Å²) in [6.45, 7) is 5.67. The lowest BCUT2D eigenvalue weighted by Crippen LogP contribution is -2.64. The predicted molar refractivity (Wildman–Crippen MR) is 106 cm³/mol. The van der Waals surface area contributed by atoms with Gasteiger partial charge < -0.3 is 14.8 Å². The lowest BCUT2D eigenvalue weighted by molar-refractivity contribution is 0.0248. The first kappa shape index (κ1) is 16.3. The number of aromatic amines is 1. The van der Waals surface area contributed by atoms with Crippen LogP contribution in [0.4, 0.5) is 5.82 Å². The van der Waals surface area contributed by atoms with E-state index in [1.807, 2.05) is 53.7 Å². The predicted octanol–water partition coefficient (Wildman–Crippen LogP) is 2.21. The zero-order valence-corrected chi connectivity index (χ0v) is 15.2. The van der Waals surface area contributed by atoms with E-state index in [-0.39, 0.29) is 5.91 Å². The molecule has 0 saturated carbocycles. The second-order valence-electron chi connectivity index (χ2n) is 7.32. The highest BCUT2D eigenvalue weighted by Gasteiger charge is 2.36. The number of H-pyrrole nitrogens is 1. The van der Waals surface area contributed by atoms with Crippen molar-refractivity contribution in [3.05, 3.63) is 60.4 Å². The molecule has 27 heavy (non-hydrogen) atoms. The van der Waals surface area contributed by atoms with Gasteiger partial charge in [-0.15, -0.1) is 0 Å². The number of carbonyl (C=O) groups excluding carboxylic acids is 1. The number of anilines is 1. The van der Waals surface area contributed by atoms with Gasteiger partial charge in [-0.2, -0.15) is 0 Å². The SMILES string of the molecule is O=C(c1cccc2[nH]ccc12)N1CC(N2CCN(c3ccccn3)CC2)C1. The van der Waals surface area contributed by atoms with Gasteiger partial charge in [-0.05, 0) is 30.3 Å². The minimum absolute atomic E-state index is 0.142. The monoisotopic (exact) mass is 361 g/mol. The highest BCUT2D eigenvalue weighted by Crippen LogP contribution is 2.24. The number of fused-ring (bicyclic) bond motifs is 1. The number of aromatic nitrogens is 2. The number of likely N-dealkylation sites (tertiary alicyclic amines) is 1. The third kappa shape index (κ3) is 2.96. The molecule has 0 aliphatic carbocycles. The zero-order valence-electron chi connectivity index (χ0n) is 15.2. The van der Waals surface area contributed by atoms with E-state index in [0.29, 0.717) is 6.04 Å². The van der Waals surface area contributed by atoms with Gasteiger partial charge in [0.25, 0.3) is 5.91 Å². The van der Waals surface area contributed by atoms with Gasteiger partial charge in [0.05, 0.1) is 0 Å². The van der Waals surface area contributed by atoms with Gasteiger partial charge >= 0.3 is 0 Å². The van der Waals surface area contributed by atoms with Crippen LogP contribution in [0.15, 0.2) is 54.9 Å². The Labute approximate surface area is 158 Å². The maximum atomic E-state index is 12.9. The van der Waals surface area contributed by atoms with E-state index in [4.69, 9.17) is 0 Å². The number of hydrogen-bond acceptors (Lipinski definition) is 4. The van der Waals surface area contributed by atoms with Crippen LogP contribution in [-0.4, -0.2) is 71.0 Å². The molecule has 0 spiro atoms. The van der Waals surface area contributed by atoms with Gasteiger partial charge in [0, 0.05) is 74.2 Å². The van der Waals surface area contributed by atoms with Gasteiger partial charge in [-0.25, -0.2) is 4.98 Å². The quantitative estimate of drug-likeness (QED) is 0.777. The van der Waals surface area contributed by atoms with E-state index >= 15 is 0 Å². The standard InChI is InChI=1S/C21H23N5O/c27-21(18-4-3-5-19-17(18)7-9-22-19)26-14-16(15-26)24-10-12-25(13-11-24)20-6-1-2-8-23-20/h1-9,16,22H,10-15H2. The smallest absolute Gasteiger partial charge is 0.254 e. The van der Waals surface area contributed by atoms with Crippen molar-refractivity contribution in [3.8, 4) is 0 Å². The van der Waals surface area contributed by atoms with Crippen molar-refractivity contribution in [1.29, 1.82) is 0 Å². The molecule has 5 rings (SSSR count). The summed E-state index contributed by atoms with van der Waals surface area (Å²) in [6.07, 6.45) is 3.74. The third-order valence-electron chi connectivity index (χ3n) is 5.78. The number of benzene rings is 1. The molecule has 4 heterocycles. The summed E-state index contributed by atoms with van der Waals surface area (Å²) in [4.78, 5) is 27.3. The minimum Gasteiger partial charge on any atom is -0.361 e. The molecule has 2 aliphatic heterocycles. The maximum Gasteiger partial charge on any atom is 0.254 e. The first-order chi connectivity index (χ1) is 13.3. The Hall–Kier alpha value is -2.86. The van der Waals surface area contributed by atoms with Crippen LogP contribution >= 0.6 is 0 Å². The molecular weight excluding hydrogens is 338 g/mol. The first-order valence-corrected chi connectivity index (χ1v) is 9.55. The number of hydrogen-bond donors (Lipinski definition) is 1. The Balaban J connectivity index is 1.18. The van der Waals surface area contributed by atoms with Crippen molar-refractivity contribution >= 4 is 22.6 Å². The third-order valence-corrected chi connectivity index (χ3v) is 5.78. The molecule has 0 unspecified atom stereocenters. The molecule has 2 aromatic heterocycles. The molecule has 0 atom stereocenters. The van der Waals surface area contributed by atoms with Crippen LogP contribution in [0.3, 0.4) is 0 Å². The molecule has 1 amide bonds. The summed E-state index contributed by atoms with van der Waals surface area (Å²) in [5, 5.41) is 1.01. The highest BCUT2D eigenvalue weighted by atomic mass is 16.2. The molecular formula is C21H23N5O. The van der Waals surface area contributed by atoms with Gasteiger partial charge in [0.15, 0.2) is 0 Å². The van der Waals surface area contributed by atoms with Gasteiger partial charge in [0.2, 0.25) is 0 Å². The van der Waals surface area contributed by atoms with E-state index in [1.165, 1.54) is 0 Å². The minimum atomic E-state index is 0.142. The van der Waals surface area contributed by atoms with Crippen LogP contribution in [0, 0.1) is 0 Å². The highest BCUT2D eigenvalue weighted by molar-refractivity contribution is 6.06. The number of nitrogens with one attached hydrogen (secondary N) is 1. The summed E-state index contributed by atoms with van der Waals surface area (Å²) < 4.78 is 0. The molecule has 6 nitrogen and oxygen atoms in total. The van der Waals surface area contributed by atoms with Crippen molar-refractivity contribution in [1.82, 2.24) is 19.8 Å². The summed E-state index contributed by atoms with van der Waals surface area (Å²) >= 11 is 0. The number of piperazine rings is 1. The number of pyridine rings is 1. The average molecular weight is 361 g/mol. The molecule has 2 aliphatic rings. The number of carbonyl (C=O) groups is 1. The van der Waals surface area contributed by atoms with E-state index in [1.54, 1.807) is 0 Å². The van der Waals surface area contributed by atoms with Crippen LogP contribution in [0.25, 0.3) is 10.9 Å². The van der Waals surface area contributed by atoms with E-state index < -0.39 is 0 Å². The second-order valence-corrected chi connectivity index (χ2v) is 7.32. The molecule has 138 valence electrons. The lowest BCUT2D eigenvalue weighted by atomic mass is 10.0. The Bertz CT molecular complexity index is 939. The van der Waals surface area contributed by atoms with Gasteiger partial charge in [0.1, 0.15) is 5.82 Å². The Morgan fingerprint density at radius 1 is 1.00 bits per heavy atom. The normalized spacial score (nSPS) is 18.7. The fourth-order valence-corrected chi connectivity index (χ4v) is 4.15. The molecule has 2 fully saturated rings. The Kier molecular flexibility index (Phi) is 4.05. The Morgan fingerprint density at radius 3 is 2.63 bits per heavy atom. The van der Waals surface area contributed by atoms with E-state index in [9.17, 15) is 4.79 Å². The van der Waals surface area contributed by atoms with E-state index in [2.05, 4.69) is 25.8 Å². The second kappa shape index (κ2) is 6.70. The van der Waals surface area contributed by atoms with Crippen LogP contribution in [0.5, 0.6) is 0 Å². The van der Waals surface area contributed by atoms with Gasteiger partial charge in [-0.1, -0.05) is 12.1 Å². The molecule has 0 radical (unpaired) electrons. The van der Waals surface area contributed by atoms with Crippen molar-refractivity contribution in [2.24, 2.45) is 0 Å². The van der Waals surface area contributed by atoms with Gasteiger partial charge in [-0.3, -0.25) is 9.69 Å². The molecule has 1 N–H and O–H groups in total. The van der Waals surface area contributed by atoms with Crippen molar-refractivity contribution in [2.75, 3.05) is 44.2 Å². The molecule has 3 aromatic rings. The molecule has 1 aromatic carbocycles. The van der Waals surface area contributed by atoms with Crippen molar-refractivity contribution in [3.63, 3.8) is 0 Å². The fourth-order valence-electron chi connectivity index (χ4n) is 4.15. The summed E-state index contributed by atoms with van der Waals surface area (Å²) in [5.41, 5.74) is 1.82. The maximum absolute atomic E-state index is 12.9. The summed E-state index contributed by atoms with van der Waals surface area (Å²) in [5.74, 6) is 1.20. The van der Waals surface area contributed by atoms with Crippen molar-refractivity contribution < 1.29 is 4.79 Å². The summed E-state index contributed by atoms with van der Waals surface area (Å²) in [7, 11) is 0.